The monoisotopic (exact) mass is 355 g/mol. The third-order valence-corrected chi connectivity index (χ3v) is 8.09. The molecule has 0 heterocycles. The molecule has 0 aromatic rings. The molecule has 0 amide bonds. The summed E-state index contributed by atoms with van der Waals surface area (Å²) < 4.78 is 15.6. The molecule has 0 aromatic heterocycles. The first kappa shape index (κ1) is 19.6. The maximum absolute atomic E-state index is 15.6. The number of nitrogens with one attached hydrogen (secondary N) is 1. The van der Waals surface area contributed by atoms with Crippen LogP contribution in [0.3, 0.4) is 0 Å². The molecule has 25 heavy (non-hydrogen) atoms. The van der Waals surface area contributed by atoms with E-state index in [-0.39, 0.29) is 17.3 Å². The zero-order valence-corrected chi connectivity index (χ0v) is 16.4. The van der Waals surface area contributed by atoms with Gasteiger partial charge in [0.05, 0.1) is 11.7 Å². The summed E-state index contributed by atoms with van der Waals surface area (Å²) in [7, 11) is 3.75. The topological polar surface area (TPSA) is 52.5 Å². The predicted octanol–water partition coefficient (Wildman–Crippen LogP) is 3.82. The van der Waals surface area contributed by atoms with Crippen LogP contribution in [0.25, 0.3) is 0 Å². The van der Waals surface area contributed by atoms with Gasteiger partial charge in [0.2, 0.25) is 0 Å². The first-order chi connectivity index (χ1) is 11.8. The summed E-state index contributed by atoms with van der Waals surface area (Å²) >= 11 is 0. The lowest BCUT2D eigenvalue weighted by Gasteiger charge is -2.52. The molecule has 4 aliphatic rings. The lowest BCUT2D eigenvalue weighted by atomic mass is 9.56. The van der Waals surface area contributed by atoms with Gasteiger partial charge in [0.25, 0.3) is 0 Å². The molecule has 4 fully saturated rings. The molecule has 4 aliphatic carbocycles. The molecule has 0 aromatic carbocycles. The molecule has 7 atom stereocenters. The van der Waals surface area contributed by atoms with Crippen LogP contribution in [0.1, 0.15) is 77.6 Å². The highest BCUT2D eigenvalue weighted by Gasteiger charge is 2.61. The van der Waals surface area contributed by atoms with Crippen molar-refractivity contribution in [2.75, 3.05) is 14.1 Å². The summed E-state index contributed by atoms with van der Waals surface area (Å²) in [6, 6.07) is 0. The molecule has 4 heteroatoms. The minimum Gasteiger partial charge on any atom is -0.393 e. The van der Waals surface area contributed by atoms with Crippen molar-refractivity contribution < 1.29 is 14.6 Å². The maximum Gasteiger partial charge on any atom is 0.116 e. The maximum atomic E-state index is 15.6. The van der Waals surface area contributed by atoms with E-state index in [0.717, 1.165) is 44.9 Å². The van der Waals surface area contributed by atoms with Crippen molar-refractivity contribution in [2.24, 2.45) is 23.2 Å². The van der Waals surface area contributed by atoms with Gasteiger partial charge in [-0.25, -0.2) is 4.39 Å². The number of rotatable bonds is 0. The van der Waals surface area contributed by atoms with E-state index in [1.165, 1.54) is 12.8 Å². The first-order valence-corrected chi connectivity index (χ1v) is 10.5. The van der Waals surface area contributed by atoms with Crippen molar-refractivity contribution in [3.8, 4) is 0 Å². The zero-order chi connectivity index (χ0) is 18.3. The van der Waals surface area contributed by atoms with Gasteiger partial charge in [0.15, 0.2) is 0 Å². The molecule has 146 valence electrons. The number of fused-ring (bicyclic) bond motifs is 4. The standard InChI is InChI=1S/C19H31FO2.C2H7N/c1-17-8-2-3-16(17)19(22)10-7-13-4-5-15(21)12-18(13,20)11-14(19)6-9-17;1-3-2/h13-16,21-22H,2-12H2,1H3;3H,1-2H3/t13?,14?,15?,16?,17?,18?,19-;/m1./s1. The molecule has 0 radical (unpaired) electrons. The van der Waals surface area contributed by atoms with Crippen LogP contribution in [0, 0.1) is 23.2 Å². The van der Waals surface area contributed by atoms with Crippen molar-refractivity contribution in [3.63, 3.8) is 0 Å². The van der Waals surface area contributed by atoms with Gasteiger partial charge in [-0.2, -0.15) is 0 Å². The van der Waals surface area contributed by atoms with E-state index in [0.29, 0.717) is 18.8 Å². The van der Waals surface area contributed by atoms with Crippen LogP contribution in [0.2, 0.25) is 0 Å². The second-order valence-electron chi connectivity index (χ2n) is 9.74. The largest absolute Gasteiger partial charge is 0.393 e. The van der Waals surface area contributed by atoms with E-state index in [2.05, 4.69) is 12.2 Å². The molecule has 4 saturated carbocycles. The molecule has 4 rings (SSSR count). The lowest BCUT2D eigenvalue weighted by Crippen LogP contribution is -2.54. The van der Waals surface area contributed by atoms with E-state index >= 15 is 4.39 Å². The number of aliphatic hydroxyl groups is 2. The van der Waals surface area contributed by atoms with E-state index in [1.54, 1.807) is 0 Å². The molecular weight excluding hydrogens is 317 g/mol. The van der Waals surface area contributed by atoms with E-state index in [9.17, 15) is 10.2 Å². The molecule has 0 spiro atoms. The molecule has 3 N–H and O–H groups in total. The molecular formula is C21H38FNO2. The number of halogens is 1. The number of hydrogen-bond donors (Lipinski definition) is 3. The second-order valence-corrected chi connectivity index (χ2v) is 9.74. The minimum atomic E-state index is -1.24. The highest BCUT2D eigenvalue weighted by molar-refractivity contribution is 5.11. The summed E-state index contributed by atoms with van der Waals surface area (Å²) in [5.41, 5.74) is -1.60. The summed E-state index contributed by atoms with van der Waals surface area (Å²) in [6.07, 6.45) is 9.12. The average Bonchev–Trinajstić information content (AvgIpc) is 2.89. The molecule has 0 bridgehead atoms. The van der Waals surface area contributed by atoms with Crippen molar-refractivity contribution in [1.82, 2.24) is 5.32 Å². The Hall–Kier alpha value is -0.190. The Morgan fingerprint density at radius 3 is 2.32 bits per heavy atom. The van der Waals surface area contributed by atoms with Gasteiger partial charge in [0, 0.05) is 6.42 Å². The fourth-order valence-corrected chi connectivity index (χ4v) is 6.86. The van der Waals surface area contributed by atoms with Gasteiger partial charge in [-0.3, -0.25) is 0 Å². The van der Waals surface area contributed by atoms with Gasteiger partial charge in [-0.15, -0.1) is 0 Å². The predicted molar refractivity (Wildman–Crippen MR) is 99.1 cm³/mol. The quantitative estimate of drug-likeness (QED) is 0.619. The number of aliphatic hydroxyl groups excluding tert-OH is 1. The van der Waals surface area contributed by atoms with Crippen molar-refractivity contribution in [1.29, 1.82) is 0 Å². The van der Waals surface area contributed by atoms with E-state index in [1.807, 2.05) is 14.1 Å². The van der Waals surface area contributed by atoms with Crippen LogP contribution in [-0.4, -0.2) is 41.7 Å². The Morgan fingerprint density at radius 2 is 1.60 bits per heavy atom. The Labute approximate surface area is 152 Å². The van der Waals surface area contributed by atoms with Crippen molar-refractivity contribution in [3.05, 3.63) is 0 Å². The van der Waals surface area contributed by atoms with Gasteiger partial charge < -0.3 is 15.5 Å². The molecule has 0 aliphatic heterocycles. The Balaban J connectivity index is 0.000000569. The van der Waals surface area contributed by atoms with Crippen LogP contribution >= 0.6 is 0 Å². The smallest absolute Gasteiger partial charge is 0.116 e. The van der Waals surface area contributed by atoms with Gasteiger partial charge >= 0.3 is 0 Å². The summed E-state index contributed by atoms with van der Waals surface area (Å²) in [4.78, 5) is 0. The van der Waals surface area contributed by atoms with E-state index < -0.39 is 17.4 Å². The van der Waals surface area contributed by atoms with Gasteiger partial charge in [0.1, 0.15) is 5.67 Å². The molecule has 6 unspecified atom stereocenters. The minimum absolute atomic E-state index is 0.0539. The third kappa shape index (κ3) is 3.39. The fraction of sp³-hybridized carbons (Fsp3) is 1.00. The molecule has 3 nitrogen and oxygen atoms in total. The average molecular weight is 356 g/mol. The van der Waals surface area contributed by atoms with Crippen molar-refractivity contribution in [2.45, 2.75) is 94.9 Å². The van der Waals surface area contributed by atoms with Crippen LogP contribution in [0.5, 0.6) is 0 Å². The normalized spacial score (nSPS) is 52.1. The Morgan fingerprint density at radius 1 is 0.920 bits per heavy atom. The summed E-state index contributed by atoms with van der Waals surface area (Å²) in [6.45, 7) is 2.35. The van der Waals surface area contributed by atoms with Crippen molar-refractivity contribution >= 4 is 0 Å². The van der Waals surface area contributed by atoms with Crippen LogP contribution < -0.4 is 5.32 Å². The van der Waals surface area contributed by atoms with Crippen LogP contribution in [0.15, 0.2) is 0 Å². The highest BCUT2D eigenvalue weighted by atomic mass is 19.1. The highest BCUT2D eigenvalue weighted by Crippen LogP contribution is 2.63. The first-order valence-electron chi connectivity index (χ1n) is 10.5. The fourth-order valence-electron chi connectivity index (χ4n) is 6.86. The summed E-state index contributed by atoms with van der Waals surface area (Å²) in [5.74, 6) is 0.523. The summed E-state index contributed by atoms with van der Waals surface area (Å²) in [5, 5.41) is 24.3. The number of hydrogen-bond acceptors (Lipinski definition) is 3. The van der Waals surface area contributed by atoms with Gasteiger partial charge in [-0.05, 0) is 95.1 Å². The number of alkyl halides is 1. The van der Waals surface area contributed by atoms with Crippen LogP contribution in [-0.2, 0) is 0 Å². The lowest BCUT2D eigenvalue weighted by molar-refractivity contribution is -0.145. The second kappa shape index (κ2) is 7.09. The van der Waals surface area contributed by atoms with Gasteiger partial charge in [-0.1, -0.05) is 13.3 Å². The SMILES string of the molecule is CC12CCCC1[C@@]1(O)CCC3CCC(O)CC3(F)CC1CC2.CNC. The molecule has 0 saturated heterocycles. The zero-order valence-electron chi connectivity index (χ0n) is 16.4. The Bertz CT molecular complexity index is 475. The van der Waals surface area contributed by atoms with E-state index in [4.69, 9.17) is 0 Å². The third-order valence-electron chi connectivity index (χ3n) is 8.09. The van der Waals surface area contributed by atoms with Crippen LogP contribution in [0.4, 0.5) is 4.39 Å². The Kier molecular flexibility index (Phi) is 5.55.